The zero-order valence-electron chi connectivity index (χ0n) is 13.6. The molecule has 0 fully saturated rings. The molecule has 1 aliphatic rings. The van der Waals surface area contributed by atoms with E-state index in [2.05, 4.69) is 31.6 Å². The van der Waals surface area contributed by atoms with Crippen LogP contribution in [-0.2, 0) is 0 Å². The number of thioether (sulfide) groups is 1. The van der Waals surface area contributed by atoms with Crippen LogP contribution in [0.1, 0.15) is 10.9 Å². The summed E-state index contributed by atoms with van der Waals surface area (Å²) in [5.74, 6) is 2.37. The molecule has 0 bridgehead atoms. The largest absolute Gasteiger partial charge is 0.497 e. The molecule has 1 aromatic heterocycles. The maximum absolute atomic E-state index is 5.47. The molecule has 8 heteroatoms. The first-order valence-corrected chi connectivity index (χ1v) is 9.24. The molecule has 0 saturated carbocycles. The van der Waals surface area contributed by atoms with Gasteiger partial charge in [0.1, 0.15) is 16.9 Å². The summed E-state index contributed by atoms with van der Waals surface area (Å²) in [4.78, 5) is 0. The van der Waals surface area contributed by atoms with Gasteiger partial charge in [-0.25, -0.2) is 4.68 Å². The first-order chi connectivity index (χ1) is 12.2. The lowest BCUT2D eigenvalue weighted by Gasteiger charge is -2.15. The SMILES string of the molecule is COc1ccc(-c2nnc3n2NC(c2ccccc2OC)S3)c(Br)c1. The van der Waals surface area contributed by atoms with Crippen molar-refractivity contribution in [1.82, 2.24) is 14.9 Å². The Morgan fingerprint density at radius 1 is 1.12 bits per heavy atom. The molecule has 25 heavy (non-hydrogen) atoms. The zero-order valence-corrected chi connectivity index (χ0v) is 16.0. The molecule has 0 radical (unpaired) electrons. The fraction of sp³-hybridized carbons (Fsp3) is 0.176. The van der Waals surface area contributed by atoms with Crippen molar-refractivity contribution in [2.45, 2.75) is 10.5 Å². The van der Waals surface area contributed by atoms with Crippen LogP contribution in [0.4, 0.5) is 0 Å². The summed E-state index contributed by atoms with van der Waals surface area (Å²) < 4.78 is 13.5. The standard InChI is InChI=1S/C17H15BrN4O2S/c1-23-10-7-8-11(13(18)9-10)15-19-20-17-22(15)21-16(25-17)12-5-3-4-6-14(12)24-2/h3-9,16,21H,1-2H3. The third-order valence-corrected chi connectivity index (χ3v) is 5.67. The normalized spacial score (nSPS) is 15.6. The van der Waals surface area contributed by atoms with Crippen LogP contribution in [0.15, 0.2) is 52.1 Å². The topological polar surface area (TPSA) is 61.2 Å². The van der Waals surface area contributed by atoms with Crippen LogP contribution >= 0.6 is 27.7 Å². The highest BCUT2D eigenvalue weighted by Crippen LogP contribution is 2.43. The molecule has 2 aromatic carbocycles. The fourth-order valence-corrected chi connectivity index (χ4v) is 4.26. The highest BCUT2D eigenvalue weighted by atomic mass is 79.9. The number of nitrogens with one attached hydrogen (secondary N) is 1. The molecule has 128 valence electrons. The van der Waals surface area contributed by atoms with Crippen LogP contribution in [0.5, 0.6) is 11.5 Å². The van der Waals surface area contributed by atoms with Gasteiger partial charge in [0, 0.05) is 15.6 Å². The summed E-state index contributed by atoms with van der Waals surface area (Å²) in [5.41, 5.74) is 5.46. The molecule has 1 unspecified atom stereocenters. The van der Waals surface area contributed by atoms with E-state index < -0.39 is 0 Å². The van der Waals surface area contributed by atoms with Gasteiger partial charge in [0.25, 0.3) is 0 Å². The second-order valence-corrected chi connectivity index (χ2v) is 7.28. The number of halogens is 1. The number of aromatic nitrogens is 3. The maximum Gasteiger partial charge on any atom is 0.212 e. The van der Waals surface area contributed by atoms with E-state index in [9.17, 15) is 0 Å². The van der Waals surface area contributed by atoms with Gasteiger partial charge in [0.15, 0.2) is 5.82 Å². The Hall–Kier alpha value is -2.19. The summed E-state index contributed by atoms with van der Waals surface area (Å²) in [6.45, 7) is 0. The highest BCUT2D eigenvalue weighted by Gasteiger charge is 2.30. The Balaban J connectivity index is 1.68. The van der Waals surface area contributed by atoms with Crippen LogP contribution in [0.2, 0.25) is 0 Å². The van der Waals surface area contributed by atoms with Crippen molar-refractivity contribution in [3.05, 3.63) is 52.5 Å². The number of rotatable bonds is 4. The number of hydrogen-bond donors (Lipinski definition) is 1. The molecule has 1 atom stereocenters. The highest BCUT2D eigenvalue weighted by molar-refractivity contribution is 9.10. The maximum atomic E-state index is 5.47. The Morgan fingerprint density at radius 3 is 2.72 bits per heavy atom. The molecule has 0 spiro atoms. The minimum atomic E-state index is 0.0115. The van der Waals surface area contributed by atoms with Crippen LogP contribution in [0.3, 0.4) is 0 Å². The van der Waals surface area contributed by atoms with E-state index in [1.165, 1.54) is 0 Å². The van der Waals surface area contributed by atoms with Gasteiger partial charge >= 0.3 is 0 Å². The summed E-state index contributed by atoms with van der Waals surface area (Å²) in [6.07, 6.45) is 0. The van der Waals surface area contributed by atoms with Crippen LogP contribution in [0, 0.1) is 0 Å². The predicted octanol–water partition coefficient (Wildman–Crippen LogP) is 4.07. The van der Waals surface area contributed by atoms with Gasteiger partial charge in [-0.3, -0.25) is 0 Å². The second-order valence-electron chi connectivity index (χ2n) is 5.36. The number of benzene rings is 2. The fourth-order valence-electron chi connectivity index (χ4n) is 2.71. The van der Waals surface area contributed by atoms with E-state index in [0.717, 1.165) is 38.1 Å². The van der Waals surface area contributed by atoms with Crippen molar-refractivity contribution in [2.75, 3.05) is 19.6 Å². The average molecular weight is 419 g/mol. The van der Waals surface area contributed by atoms with Crippen LogP contribution in [0.25, 0.3) is 11.4 Å². The predicted molar refractivity (Wildman–Crippen MR) is 101 cm³/mol. The van der Waals surface area contributed by atoms with Gasteiger partial charge in [-0.2, -0.15) is 0 Å². The molecule has 0 saturated heterocycles. The number of nitrogens with zero attached hydrogens (tertiary/aromatic N) is 3. The molecule has 0 aliphatic carbocycles. The average Bonchev–Trinajstić information content (AvgIpc) is 3.22. The van der Waals surface area contributed by atoms with Crippen molar-refractivity contribution >= 4 is 27.7 Å². The minimum absolute atomic E-state index is 0.0115. The first-order valence-electron chi connectivity index (χ1n) is 7.56. The van der Waals surface area contributed by atoms with E-state index >= 15 is 0 Å². The smallest absolute Gasteiger partial charge is 0.212 e. The number of methoxy groups -OCH3 is 2. The summed E-state index contributed by atoms with van der Waals surface area (Å²) in [7, 11) is 3.32. The van der Waals surface area contributed by atoms with Crippen molar-refractivity contribution < 1.29 is 9.47 Å². The Labute approximate surface area is 157 Å². The third-order valence-electron chi connectivity index (χ3n) is 3.94. The quantitative estimate of drug-likeness (QED) is 0.688. The summed E-state index contributed by atoms with van der Waals surface area (Å²) >= 11 is 5.19. The van der Waals surface area contributed by atoms with E-state index in [1.54, 1.807) is 26.0 Å². The molecular formula is C17H15BrN4O2S. The third kappa shape index (κ3) is 2.85. The Morgan fingerprint density at radius 2 is 1.96 bits per heavy atom. The Bertz CT molecular complexity index is 931. The Kier molecular flexibility index (Phi) is 4.30. The molecule has 0 amide bonds. The lowest BCUT2D eigenvalue weighted by molar-refractivity contribution is 0.409. The van der Waals surface area contributed by atoms with Crippen LogP contribution in [-0.4, -0.2) is 29.1 Å². The number of fused-ring (bicyclic) bond motifs is 1. The van der Waals surface area contributed by atoms with Gasteiger partial charge in [-0.15, -0.1) is 10.2 Å². The monoisotopic (exact) mass is 418 g/mol. The van der Waals surface area contributed by atoms with Gasteiger partial charge in [0.05, 0.1) is 14.2 Å². The van der Waals surface area contributed by atoms with E-state index in [4.69, 9.17) is 9.47 Å². The van der Waals surface area contributed by atoms with E-state index in [1.807, 2.05) is 47.1 Å². The molecule has 1 N–H and O–H groups in total. The lowest BCUT2D eigenvalue weighted by atomic mass is 10.2. The summed E-state index contributed by atoms with van der Waals surface area (Å²) in [5, 5.41) is 9.46. The molecule has 6 nitrogen and oxygen atoms in total. The van der Waals surface area contributed by atoms with Gasteiger partial charge < -0.3 is 14.9 Å². The molecule has 1 aliphatic heterocycles. The first kappa shape index (κ1) is 16.3. The van der Waals surface area contributed by atoms with Crippen molar-refractivity contribution in [3.63, 3.8) is 0 Å². The lowest BCUT2D eigenvalue weighted by Crippen LogP contribution is -2.14. The zero-order chi connectivity index (χ0) is 17.4. The van der Waals surface area contributed by atoms with Crippen molar-refractivity contribution in [2.24, 2.45) is 0 Å². The van der Waals surface area contributed by atoms with Crippen molar-refractivity contribution in [1.29, 1.82) is 0 Å². The minimum Gasteiger partial charge on any atom is -0.497 e. The molecular weight excluding hydrogens is 404 g/mol. The molecule has 3 aromatic rings. The van der Waals surface area contributed by atoms with Gasteiger partial charge in [-0.05, 0) is 40.2 Å². The molecule has 2 heterocycles. The number of para-hydroxylation sites is 1. The number of hydrogen-bond acceptors (Lipinski definition) is 6. The van der Waals surface area contributed by atoms with Gasteiger partial charge in [-0.1, -0.05) is 30.0 Å². The molecule has 4 rings (SSSR count). The van der Waals surface area contributed by atoms with Crippen LogP contribution < -0.4 is 14.9 Å². The van der Waals surface area contributed by atoms with E-state index in [0.29, 0.717) is 0 Å². The van der Waals surface area contributed by atoms with E-state index in [-0.39, 0.29) is 5.37 Å². The van der Waals surface area contributed by atoms with Crippen molar-refractivity contribution in [3.8, 4) is 22.9 Å². The number of ether oxygens (including phenoxy) is 2. The van der Waals surface area contributed by atoms with Gasteiger partial charge in [0.2, 0.25) is 5.16 Å². The summed E-state index contributed by atoms with van der Waals surface area (Å²) in [6, 6.07) is 13.7. The second kappa shape index (κ2) is 6.61.